The Morgan fingerprint density at radius 2 is 2.18 bits per heavy atom. The first kappa shape index (κ1) is 11.1. The fourth-order valence-electron chi connectivity index (χ4n) is 1.00. The van der Waals surface area contributed by atoms with Crippen molar-refractivity contribution in [3.05, 3.63) is 0 Å². The van der Waals surface area contributed by atoms with Crippen molar-refractivity contribution in [3.8, 4) is 0 Å². The summed E-state index contributed by atoms with van der Waals surface area (Å²) in [6.07, 6.45) is -0.186. The van der Waals surface area contributed by atoms with Gasteiger partial charge in [-0.1, -0.05) is 0 Å². The molecule has 1 rings (SSSR count). The van der Waals surface area contributed by atoms with Crippen molar-refractivity contribution in [1.82, 2.24) is 0 Å². The molecule has 1 unspecified atom stereocenters. The maximum atomic E-state index is 12.7. The van der Waals surface area contributed by atoms with Gasteiger partial charge in [0.2, 0.25) is 0 Å². The third kappa shape index (κ3) is 2.54. The van der Waals surface area contributed by atoms with Gasteiger partial charge in [-0.05, 0) is 0 Å². The van der Waals surface area contributed by atoms with Crippen molar-refractivity contribution >= 4 is 12.4 Å². The fraction of sp³-hybridized carbons (Fsp3) is 1.00. The quantitative estimate of drug-likeness (QED) is 0.666. The number of halogens is 3. The number of rotatable bonds is 1. The Balaban J connectivity index is 0.000001000. The second-order valence-electron chi connectivity index (χ2n) is 2.52. The molecule has 0 aromatic rings. The first-order chi connectivity index (χ1) is 4.67. The van der Waals surface area contributed by atoms with Crippen molar-refractivity contribution in [1.29, 1.82) is 0 Å². The summed E-state index contributed by atoms with van der Waals surface area (Å²) >= 11 is 0. The Bertz CT molecular complexity index is 123. The molecule has 1 fully saturated rings. The van der Waals surface area contributed by atoms with Gasteiger partial charge < -0.3 is 10.5 Å². The Morgan fingerprint density at radius 1 is 1.55 bits per heavy atom. The van der Waals surface area contributed by atoms with E-state index in [-0.39, 0.29) is 38.6 Å². The molecule has 11 heavy (non-hydrogen) atoms. The predicted octanol–water partition coefficient (Wildman–Crippen LogP) is 1.04. The van der Waals surface area contributed by atoms with Gasteiger partial charge in [0.25, 0.3) is 5.92 Å². The molecule has 0 saturated carbocycles. The van der Waals surface area contributed by atoms with E-state index in [1.807, 2.05) is 0 Å². The van der Waals surface area contributed by atoms with Crippen LogP contribution in [-0.4, -0.2) is 25.7 Å². The zero-order valence-electron chi connectivity index (χ0n) is 6.06. The highest BCUT2D eigenvalue weighted by molar-refractivity contribution is 5.85. The Labute approximate surface area is 70.5 Å². The molecule has 5 heteroatoms. The van der Waals surface area contributed by atoms with Crippen molar-refractivity contribution in [2.75, 3.05) is 19.8 Å². The van der Waals surface area contributed by atoms with Crippen LogP contribution >= 0.6 is 12.4 Å². The monoisotopic (exact) mass is 187 g/mol. The Morgan fingerprint density at radius 3 is 2.55 bits per heavy atom. The van der Waals surface area contributed by atoms with Crippen LogP contribution in [0.15, 0.2) is 0 Å². The highest BCUT2D eigenvalue weighted by atomic mass is 35.5. The van der Waals surface area contributed by atoms with Crippen LogP contribution in [0.2, 0.25) is 0 Å². The molecular weight excluding hydrogens is 176 g/mol. The highest BCUT2D eigenvalue weighted by Gasteiger charge is 2.40. The maximum absolute atomic E-state index is 12.7. The normalized spacial score (nSPS) is 29.2. The second-order valence-corrected chi connectivity index (χ2v) is 2.52. The van der Waals surface area contributed by atoms with Crippen LogP contribution < -0.4 is 5.73 Å². The van der Waals surface area contributed by atoms with Crippen molar-refractivity contribution in [3.63, 3.8) is 0 Å². The molecule has 0 spiro atoms. The van der Waals surface area contributed by atoms with Crippen molar-refractivity contribution in [2.24, 2.45) is 11.7 Å². The molecule has 1 aliphatic rings. The molecule has 2 N–H and O–H groups in total. The van der Waals surface area contributed by atoms with Crippen LogP contribution in [0.25, 0.3) is 0 Å². The predicted molar refractivity (Wildman–Crippen MR) is 40.2 cm³/mol. The van der Waals surface area contributed by atoms with E-state index in [4.69, 9.17) is 10.5 Å². The van der Waals surface area contributed by atoms with Gasteiger partial charge in [0, 0.05) is 13.0 Å². The topological polar surface area (TPSA) is 35.2 Å². The largest absolute Gasteiger partial charge is 0.381 e. The van der Waals surface area contributed by atoms with Gasteiger partial charge in [-0.3, -0.25) is 0 Å². The van der Waals surface area contributed by atoms with E-state index in [1.165, 1.54) is 0 Å². The van der Waals surface area contributed by atoms with Gasteiger partial charge in [-0.15, -0.1) is 12.4 Å². The SMILES string of the molecule is Cl.NCC1COCCC1(F)F. The first-order valence-electron chi connectivity index (χ1n) is 3.32. The molecule has 0 aromatic carbocycles. The molecule has 0 aromatic heterocycles. The summed E-state index contributed by atoms with van der Waals surface area (Å²) in [6.45, 7) is 0.264. The van der Waals surface area contributed by atoms with Crippen LogP contribution in [-0.2, 0) is 4.74 Å². The lowest BCUT2D eigenvalue weighted by molar-refractivity contribution is -0.137. The van der Waals surface area contributed by atoms with Gasteiger partial charge >= 0.3 is 0 Å². The van der Waals surface area contributed by atoms with Crippen LogP contribution in [0, 0.1) is 5.92 Å². The average Bonchev–Trinajstić information content (AvgIpc) is 1.87. The van der Waals surface area contributed by atoms with E-state index in [2.05, 4.69) is 0 Å². The fourth-order valence-corrected chi connectivity index (χ4v) is 1.00. The molecular formula is C6H12ClF2NO. The summed E-state index contributed by atoms with van der Waals surface area (Å²) in [4.78, 5) is 0. The van der Waals surface area contributed by atoms with E-state index < -0.39 is 11.8 Å². The van der Waals surface area contributed by atoms with E-state index >= 15 is 0 Å². The van der Waals surface area contributed by atoms with Gasteiger partial charge in [-0.2, -0.15) is 0 Å². The molecule has 1 heterocycles. The summed E-state index contributed by atoms with van der Waals surface area (Å²) in [6, 6.07) is 0. The third-order valence-electron chi connectivity index (χ3n) is 1.78. The maximum Gasteiger partial charge on any atom is 0.256 e. The molecule has 1 atom stereocenters. The molecule has 0 aliphatic carbocycles. The minimum Gasteiger partial charge on any atom is -0.381 e. The van der Waals surface area contributed by atoms with E-state index in [0.29, 0.717) is 0 Å². The highest BCUT2D eigenvalue weighted by Crippen LogP contribution is 2.31. The summed E-state index contributed by atoms with van der Waals surface area (Å²) < 4.78 is 30.3. The molecule has 68 valence electrons. The molecule has 2 nitrogen and oxygen atoms in total. The standard InChI is InChI=1S/C6H11F2NO.ClH/c7-6(8)1-2-10-4-5(6)3-9;/h5H,1-4,9H2;1H. The van der Waals surface area contributed by atoms with E-state index in [1.54, 1.807) is 0 Å². The van der Waals surface area contributed by atoms with Crippen LogP contribution in [0.4, 0.5) is 8.78 Å². The lowest BCUT2D eigenvalue weighted by Crippen LogP contribution is -2.42. The molecule has 1 aliphatic heterocycles. The third-order valence-corrected chi connectivity index (χ3v) is 1.78. The van der Waals surface area contributed by atoms with Gasteiger partial charge in [0.15, 0.2) is 0 Å². The summed E-state index contributed by atoms with van der Waals surface area (Å²) in [5.41, 5.74) is 5.12. The van der Waals surface area contributed by atoms with Crippen molar-refractivity contribution in [2.45, 2.75) is 12.3 Å². The van der Waals surface area contributed by atoms with Crippen LogP contribution in [0.3, 0.4) is 0 Å². The van der Waals surface area contributed by atoms with E-state index in [9.17, 15) is 8.78 Å². The Kier molecular flexibility index (Phi) is 4.21. The van der Waals surface area contributed by atoms with Crippen LogP contribution in [0.1, 0.15) is 6.42 Å². The number of nitrogens with two attached hydrogens (primary N) is 1. The smallest absolute Gasteiger partial charge is 0.256 e. The Hall–Kier alpha value is 0.0700. The minimum absolute atomic E-state index is 0. The number of hydrogen-bond donors (Lipinski definition) is 1. The molecule has 0 bridgehead atoms. The van der Waals surface area contributed by atoms with Gasteiger partial charge in [0.1, 0.15) is 0 Å². The summed E-state index contributed by atoms with van der Waals surface area (Å²) in [5.74, 6) is -3.38. The summed E-state index contributed by atoms with van der Waals surface area (Å²) in [5, 5.41) is 0. The lowest BCUT2D eigenvalue weighted by atomic mass is 9.98. The van der Waals surface area contributed by atoms with Gasteiger partial charge in [0.05, 0.1) is 19.1 Å². The zero-order chi connectivity index (χ0) is 7.61. The number of hydrogen-bond acceptors (Lipinski definition) is 2. The number of alkyl halides is 2. The summed E-state index contributed by atoms with van der Waals surface area (Å²) in [7, 11) is 0. The molecule has 0 amide bonds. The van der Waals surface area contributed by atoms with Crippen molar-refractivity contribution < 1.29 is 13.5 Å². The zero-order valence-corrected chi connectivity index (χ0v) is 6.87. The average molecular weight is 188 g/mol. The van der Waals surface area contributed by atoms with Crippen LogP contribution in [0.5, 0.6) is 0 Å². The first-order valence-corrected chi connectivity index (χ1v) is 3.32. The number of ether oxygens (including phenoxy) is 1. The van der Waals surface area contributed by atoms with E-state index in [0.717, 1.165) is 0 Å². The molecule has 1 saturated heterocycles. The molecule has 0 radical (unpaired) electrons. The van der Waals surface area contributed by atoms with Gasteiger partial charge in [-0.25, -0.2) is 8.78 Å². The minimum atomic E-state index is -2.60. The lowest BCUT2D eigenvalue weighted by Gasteiger charge is -2.29. The second kappa shape index (κ2) is 4.18.